The highest BCUT2D eigenvalue weighted by atomic mass is 35.5. The quantitative estimate of drug-likeness (QED) is 0.316. The van der Waals surface area contributed by atoms with E-state index in [9.17, 15) is 5.11 Å². The molecule has 0 radical (unpaired) electrons. The number of thioether (sulfide) groups is 1. The molecule has 2 heterocycles. The smallest absolute Gasteiger partial charge is 0.231 e. The molecule has 1 saturated heterocycles. The first kappa shape index (κ1) is 26.6. The van der Waals surface area contributed by atoms with Crippen molar-refractivity contribution in [3.8, 4) is 0 Å². The van der Waals surface area contributed by atoms with Crippen LogP contribution in [0.25, 0.3) is 0 Å². The first-order valence-corrected chi connectivity index (χ1v) is 15.0. The number of nitrogens with zero attached hydrogens (tertiary/aromatic N) is 1. The Kier molecular flexibility index (Phi) is 8.76. The first-order chi connectivity index (χ1) is 18.1. The van der Waals surface area contributed by atoms with E-state index in [4.69, 9.17) is 16.0 Å². The van der Waals surface area contributed by atoms with Crippen LogP contribution in [0.5, 0.6) is 0 Å². The van der Waals surface area contributed by atoms with Gasteiger partial charge in [0.05, 0.1) is 12.7 Å². The molecule has 3 atom stereocenters. The lowest BCUT2D eigenvalue weighted by molar-refractivity contribution is -0.914. The summed E-state index contributed by atoms with van der Waals surface area (Å²) < 4.78 is 6.37. The highest BCUT2D eigenvalue weighted by Crippen LogP contribution is 2.43. The van der Waals surface area contributed by atoms with E-state index in [1.807, 2.05) is 48.7 Å². The fourth-order valence-electron chi connectivity index (χ4n) is 6.06. The normalized spacial score (nSPS) is 23.7. The molecule has 37 heavy (non-hydrogen) atoms. The Labute approximate surface area is 230 Å². The molecule has 0 amide bonds. The minimum atomic E-state index is -1.18. The van der Waals surface area contributed by atoms with E-state index in [2.05, 4.69) is 29.4 Å². The lowest BCUT2D eigenvalue weighted by Crippen LogP contribution is -3.12. The number of halogens is 1. The van der Waals surface area contributed by atoms with Gasteiger partial charge >= 0.3 is 0 Å². The number of rotatable bonds is 8. The van der Waals surface area contributed by atoms with Gasteiger partial charge in [-0.3, -0.25) is 0 Å². The summed E-state index contributed by atoms with van der Waals surface area (Å²) in [6, 6.07) is 18.0. The Morgan fingerprint density at radius 1 is 1.08 bits per heavy atom. The summed E-state index contributed by atoms with van der Waals surface area (Å²) in [7, 11) is 0. The van der Waals surface area contributed by atoms with Crippen molar-refractivity contribution in [1.29, 1.82) is 0 Å². The number of aliphatic hydroxyl groups is 1. The Morgan fingerprint density at radius 3 is 2.57 bits per heavy atom. The van der Waals surface area contributed by atoms with Crippen LogP contribution in [0.4, 0.5) is 0 Å². The SMILES string of the molecule is CCC1CC[NH+](Cc2cnc(C(O)(c3ccccc3)C3CCCCC3)o2)CC1=CSc1ccc(Cl)cc1. The van der Waals surface area contributed by atoms with Gasteiger partial charge in [-0.1, -0.05) is 79.9 Å². The van der Waals surface area contributed by atoms with Gasteiger partial charge in [-0.2, -0.15) is 0 Å². The summed E-state index contributed by atoms with van der Waals surface area (Å²) >= 11 is 7.83. The predicted molar refractivity (Wildman–Crippen MR) is 151 cm³/mol. The molecular weight excluding hydrogens is 500 g/mol. The van der Waals surface area contributed by atoms with Crippen molar-refractivity contribution in [2.45, 2.75) is 68.9 Å². The lowest BCUT2D eigenvalue weighted by atomic mass is 9.73. The van der Waals surface area contributed by atoms with Crippen molar-refractivity contribution in [2.24, 2.45) is 11.8 Å². The van der Waals surface area contributed by atoms with Crippen molar-refractivity contribution in [1.82, 2.24) is 4.98 Å². The number of hydrogen-bond acceptors (Lipinski definition) is 4. The molecule has 2 aromatic carbocycles. The number of piperidine rings is 1. The zero-order chi connectivity index (χ0) is 25.7. The largest absolute Gasteiger partial charge is 0.436 e. The van der Waals surface area contributed by atoms with Crippen LogP contribution in [0.3, 0.4) is 0 Å². The highest BCUT2D eigenvalue weighted by molar-refractivity contribution is 8.02. The van der Waals surface area contributed by atoms with Gasteiger partial charge in [0.1, 0.15) is 13.1 Å². The van der Waals surface area contributed by atoms with Crippen molar-refractivity contribution in [3.63, 3.8) is 0 Å². The Bertz CT molecular complexity index is 1170. The monoisotopic (exact) mass is 537 g/mol. The Morgan fingerprint density at radius 2 is 1.84 bits per heavy atom. The van der Waals surface area contributed by atoms with Crippen LogP contribution < -0.4 is 4.90 Å². The molecule has 6 heteroatoms. The minimum absolute atomic E-state index is 0.127. The summed E-state index contributed by atoms with van der Waals surface area (Å²) in [5, 5.41) is 15.2. The summed E-state index contributed by atoms with van der Waals surface area (Å²) in [5.74, 6) is 2.07. The van der Waals surface area contributed by atoms with Crippen LogP contribution >= 0.6 is 23.4 Å². The van der Waals surface area contributed by atoms with E-state index < -0.39 is 5.60 Å². The van der Waals surface area contributed by atoms with Crippen LogP contribution in [-0.2, 0) is 12.1 Å². The molecule has 1 aliphatic carbocycles. The summed E-state index contributed by atoms with van der Waals surface area (Å²) in [6.45, 7) is 5.18. The van der Waals surface area contributed by atoms with E-state index in [1.165, 1.54) is 28.2 Å². The highest BCUT2D eigenvalue weighted by Gasteiger charge is 2.44. The molecular formula is C31H38ClN2O2S+. The van der Waals surface area contributed by atoms with Crippen LogP contribution in [-0.4, -0.2) is 23.2 Å². The van der Waals surface area contributed by atoms with Crippen molar-refractivity contribution >= 4 is 23.4 Å². The number of quaternary nitrogens is 1. The topological polar surface area (TPSA) is 50.7 Å². The third-order valence-electron chi connectivity index (χ3n) is 8.19. The average Bonchev–Trinajstić information content (AvgIpc) is 3.42. The molecule has 1 aliphatic heterocycles. The summed E-state index contributed by atoms with van der Waals surface area (Å²) in [4.78, 5) is 7.37. The van der Waals surface area contributed by atoms with E-state index in [1.54, 1.807) is 11.8 Å². The second kappa shape index (κ2) is 12.2. The van der Waals surface area contributed by atoms with Gasteiger partial charge in [0.2, 0.25) is 5.89 Å². The van der Waals surface area contributed by atoms with Gasteiger partial charge in [-0.05, 0) is 66.0 Å². The van der Waals surface area contributed by atoms with Crippen molar-refractivity contribution < 1.29 is 14.4 Å². The molecule has 0 spiro atoms. The molecule has 5 rings (SSSR count). The molecule has 1 aromatic heterocycles. The van der Waals surface area contributed by atoms with E-state index in [0.717, 1.165) is 68.1 Å². The van der Waals surface area contributed by atoms with E-state index in [-0.39, 0.29) is 5.92 Å². The van der Waals surface area contributed by atoms with Gasteiger partial charge in [0, 0.05) is 22.3 Å². The lowest BCUT2D eigenvalue weighted by Gasteiger charge is -2.36. The van der Waals surface area contributed by atoms with Crippen LogP contribution in [0, 0.1) is 11.8 Å². The van der Waals surface area contributed by atoms with Crippen molar-refractivity contribution in [3.05, 3.63) is 94.0 Å². The molecule has 1 saturated carbocycles. The van der Waals surface area contributed by atoms with Gasteiger partial charge in [0.25, 0.3) is 0 Å². The van der Waals surface area contributed by atoms with Crippen LogP contribution in [0.2, 0.25) is 5.02 Å². The summed E-state index contributed by atoms with van der Waals surface area (Å²) in [6.07, 6.45) is 9.71. The summed E-state index contributed by atoms with van der Waals surface area (Å²) in [5.41, 5.74) is 1.22. The van der Waals surface area contributed by atoms with Crippen LogP contribution in [0.15, 0.2) is 81.1 Å². The zero-order valence-corrected chi connectivity index (χ0v) is 23.2. The first-order valence-electron chi connectivity index (χ1n) is 13.7. The second-order valence-electron chi connectivity index (χ2n) is 10.6. The Hall–Kier alpha value is -2.05. The molecule has 2 fully saturated rings. The number of oxazole rings is 1. The second-order valence-corrected chi connectivity index (χ2v) is 12.0. The molecule has 3 unspecified atom stereocenters. The average molecular weight is 538 g/mol. The van der Waals surface area contributed by atoms with Crippen LogP contribution in [0.1, 0.15) is 69.1 Å². The number of benzene rings is 2. The third kappa shape index (κ3) is 6.17. The number of hydrogen-bond donors (Lipinski definition) is 2. The van der Waals surface area contributed by atoms with Gasteiger partial charge < -0.3 is 14.4 Å². The van der Waals surface area contributed by atoms with E-state index in [0.29, 0.717) is 11.8 Å². The van der Waals surface area contributed by atoms with Gasteiger partial charge in [-0.15, -0.1) is 0 Å². The third-order valence-corrected chi connectivity index (χ3v) is 9.41. The zero-order valence-electron chi connectivity index (χ0n) is 21.7. The van der Waals surface area contributed by atoms with Gasteiger partial charge in [-0.25, -0.2) is 4.98 Å². The maximum Gasteiger partial charge on any atom is 0.231 e. The fraction of sp³-hybridized carbons (Fsp3) is 0.452. The molecule has 196 valence electrons. The maximum absolute atomic E-state index is 12.1. The number of likely N-dealkylation sites (tertiary alicyclic amines) is 1. The number of nitrogens with one attached hydrogen (secondary N) is 1. The molecule has 0 bridgehead atoms. The predicted octanol–water partition coefficient (Wildman–Crippen LogP) is 6.64. The molecule has 2 aliphatic rings. The number of aromatic nitrogens is 1. The maximum atomic E-state index is 12.1. The van der Waals surface area contributed by atoms with Gasteiger partial charge in [0.15, 0.2) is 11.4 Å². The van der Waals surface area contributed by atoms with Crippen molar-refractivity contribution in [2.75, 3.05) is 13.1 Å². The van der Waals surface area contributed by atoms with E-state index >= 15 is 0 Å². The minimum Gasteiger partial charge on any atom is -0.436 e. The standard InChI is InChI=1S/C31H37ClN2O2S/c1-2-23-17-18-34(20-24(23)22-37-29-15-13-27(32)14-16-29)21-28-19-33-30(36-28)31(35,25-9-5-3-6-10-25)26-11-7-4-8-12-26/h3,5-6,9-10,13-16,19,22-23,26,35H,2,4,7-8,11-12,17-18,20-21H2,1H3/p+1. The molecule has 2 N–H and O–H groups in total. The Balaban J connectivity index is 1.32. The molecule has 4 nitrogen and oxygen atoms in total. The molecule has 3 aromatic rings. The fourth-order valence-corrected chi connectivity index (χ4v) is 7.04.